The Morgan fingerprint density at radius 1 is 1.38 bits per heavy atom. The van der Waals surface area contributed by atoms with Crippen LogP contribution in [0, 0.1) is 5.41 Å². The molecule has 0 aliphatic heterocycles. The smallest absolute Gasteiger partial charge is 0.335 e. The normalized spacial score (nSPS) is 11.2. The van der Waals surface area contributed by atoms with Crippen molar-refractivity contribution >= 4 is 28.5 Å². The highest BCUT2D eigenvalue weighted by molar-refractivity contribution is 8.16. The van der Waals surface area contributed by atoms with Crippen molar-refractivity contribution in [1.82, 2.24) is 0 Å². The number of rotatable bonds is 3. The first kappa shape index (κ1) is 12.3. The molecule has 1 aromatic rings. The Morgan fingerprint density at radius 3 is 2.31 bits per heavy atom. The lowest BCUT2D eigenvalue weighted by molar-refractivity contribution is 0.0697. The third kappa shape index (κ3) is 3.43. The predicted octanol–water partition coefficient (Wildman–Crippen LogP) is 2.37. The van der Waals surface area contributed by atoms with Gasteiger partial charge in [0.05, 0.1) is 5.56 Å². The molecule has 4 nitrogen and oxygen atoms in total. The molecule has 0 heterocycles. The summed E-state index contributed by atoms with van der Waals surface area (Å²) >= 11 is 1.13. The van der Waals surface area contributed by atoms with Crippen LogP contribution in [0.1, 0.15) is 22.8 Å². The Hall–Kier alpha value is -1.75. The average Bonchev–Trinajstić information content (AvgIpc) is 2.26. The number of carbonyl (C=O) groups is 1. The molecule has 0 unspecified atom stereocenters. The number of benzene rings is 1. The van der Waals surface area contributed by atoms with E-state index in [0.29, 0.717) is 0 Å². The summed E-state index contributed by atoms with van der Waals surface area (Å²) in [7, 11) is 0. The Labute approximate surface area is 97.7 Å². The molecule has 0 bridgehead atoms. The maximum Gasteiger partial charge on any atom is 0.335 e. The Balaban J connectivity index is 2.85. The molecule has 0 saturated carbocycles. The van der Waals surface area contributed by atoms with Crippen molar-refractivity contribution in [2.45, 2.75) is 6.92 Å². The summed E-state index contributed by atoms with van der Waals surface area (Å²) in [5.41, 5.74) is 7.32. The van der Waals surface area contributed by atoms with Crippen molar-refractivity contribution in [2.24, 2.45) is 5.73 Å². The van der Waals surface area contributed by atoms with Crippen LogP contribution in [0.2, 0.25) is 0 Å². The molecule has 0 spiro atoms. The molecule has 0 aliphatic rings. The van der Waals surface area contributed by atoms with E-state index < -0.39 is 5.97 Å². The number of aromatic carboxylic acids is 1. The van der Waals surface area contributed by atoms with Crippen LogP contribution in [0.5, 0.6) is 0 Å². The molecule has 0 saturated heterocycles. The van der Waals surface area contributed by atoms with E-state index >= 15 is 0 Å². The minimum absolute atomic E-state index is 0.0292. The third-order valence-electron chi connectivity index (χ3n) is 1.95. The van der Waals surface area contributed by atoms with E-state index in [0.717, 1.165) is 22.9 Å². The summed E-state index contributed by atoms with van der Waals surface area (Å²) in [6, 6.07) is 6.56. The fourth-order valence-corrected chi connectivity index (χ4v) is 1.54. The summed E-state index contributed by atoms with van der Waals surface area (Å²) in [5.74, 6) is -0.939. The zero-order valence-electron chi connectivity index (χ0n) is 8.73. The van der Waals surface area contributed by atoms with Crippen LogP contribution in [0.15, 0.2) is 29.7 Å². The molecule has 1 aromatic carbocycles. The monoisotopic (exact) mass is 236 g/mol. The minimum Gasteiger partial charge on any atom is -0.478 e. The number of carboxylic acid groups (broad SMARTS) is 1. The predicted molar refractivity (Wildman–Crippen MR) is 66.6 cm³/mol. The van der Waals surface area contributed by atoms with Crippen LogP contribution >= 0.6 is 11.8 Å². The minimum atomic E-state index is -0.939. The topological polar surface area (TPSA) is 87.2 Å². The van der Waals surface area contributed by atoms with Crippen LogP contribution < -0.4 is 5.73 Å². The SMILES string of the molecule is C/C(=C\SC(=N)N)c1ccc(C(=O)O)cc1. The zero-order chi connectivity index (χ0) is 12.1. The van der Waals surface area contributed by atoms with Gasteiger partial charge in [-0.1, -0.05) is 23.9 Å². The maximum atomic E-state index is 10.6. The number of allylic oxidation sites excluding steroid dienone is 1. The van der Waals surface area contributed by atoms with Gasteiger partial charge in [0.15, 0.2) is 5.17 Å². The summed E-state index contributed by atoms with van der Waals surface area (Å²) in [6.45, 7) is 1.88. The van der Waals surface area contributed by atoms with Crippen molar-refractivity contribution in [3.8, 4) is 0 Å². The van der Waals surface area contributed by atoms with E-state index in [1.165, 1.54) is 0 Å². The first-order chi connectivity index (χ1) is 7.50. The summed E-state index contributed by atoms with van der Waals surface area (Å²) in [4.78, 5) is 10.6. The van der Waals surface area contributed by atoms with Gasteiger partial charge in [-0.25, -0.2) is 4.79 Å². The summed E-state index contributed by atoms with van der Waals surface area (Å²) in [5, 5.41) is 17.6. The van der Waals surface area contributed by atoms with Gasteiger partial charge >= 0.3 is 5.97 Å². The molecule has 4 N–H and O–H groups in total. The molecular formula is C11H12N2O2S. The molecule has 5 heteroatoms. The molecule has 0 aromatic heterocycles. The highest BCUT2D eigenvalue weighted by Gasteiger charge is 2.02. The van der Waals surface area contributed by atoms with Gasteiger partial charge in [-0.3, -0.25) is 5.41 Å². The van der Waals surface area contributed by atoms with Crippen LogP contribution in [-0.2, 0) is 0 Å². The Bertz CT molecular complexity index is 438. The van der Waals surface area contributed by atoms with Crippen molar-refractivity contribution in [3.05, 3.63) is 40.8 Å². The van der Waals surface area contributed by atoms with Crippen molar-refractivity contribution in [1.29, 1.82) is 5.41 Å². The molecule has 0 fully saturated rings. The fourth-order valence-electron chi connectivity index (χ4n) is 1.10. The van der Waals surface area contributed by atoms with E-state index in [-0.39, 0.29) is 10.7 Å². The van der Waals surface area contributed by atoms with E-state index in [1.807, 2.05) is 6.92 Å². The largest absolute Gasteiger partial charge is 0.478 e. The van der Waals surface area contributed by atoms with Gasteiger partial charge in [0, 0.05) is 0 Å². The second kappa shape index (κ2) is 5.37. The van der Waals surface area contributed by atoms with E-state index in [4.69, 9.17) is 16.2 Å². The molecule has 0 radical (unpaired) electrons. The highest BCUT2D eigenvalue weighted by atomic mass is 32.2. The van der Waals surface area contributed by atoms with E-state index in [2.05, 4.69) is 0 Å². The van der Waals surface area contributed by atoms with Crippen LogP contribution in [0.4, 0.5) is 0 Å². The van der Waals surface area contributed by atoms with Crippen LogP contribution in [0.25, 0.3) is 5.57 Å². The van der Waals surface area contributed by atoms with Crippen LogP contribution in [0.3, 0.4) is 0 Å². The zero-order valence-corrected chi connectivity index (χ0v) is 9.54. The average molecular weight is 236 g/mol. The second-order valence-electron chi connectivity index (χ2n) is 3.17. The first-order valence-electron chi connectivity index (χ1n) is 4.52. The lowest BCUT2D eigenvalue weighted by atomic mass is 10.1. The van der Waals surface area contributed by atoms with Gasteiger partial charge in [-0.15, -0.1) is 0 Å². The number of hydrogen-bond acceptors (Lipinski definition) is 3. The number of amidine groups is 1. The lowest BCUT2D eigenvalue weighted by Gasteiger charge is -2.02. The quantitative estimate of drug-likeness (QED) is 0.555. The lowest BCUT2D eigenvalue weighted by Crippen LogP contribution is -2.01. The van der Waals surface area contributed by atoms with E-state index in [1.54, 1.807) is 29.7 Å². The van der Waals surface area contributed by atoms with Gasteiger partial charge in [0.1, 0.15) is 0 Å². The molecular weight excluding hydrogens is 224 g/mol. The Morgan fingerprint density at radius 2 is 1.88 bits per heavy atom. The number of carboxylic acids is 1. The van der Waals surface area contributed by atoms with Gasteiger partial charge in [-0.05, 0) is 35.6 Å². The molecule has 0 atom stereocenters. The number of hydrogen-bond donors (Lipinski definition) is 3. The second-order valence-corrected chi connectivity index (χ2v) is 4.08. The van der Waals surface area contributed by atoms with Gasteiger partial charge in [-0.2, -0.15) is 0 Å². The van der Waals surface area contributed by atoms with Crippen molar-refractivity contribution in [2.75, 3.05) is 0 Å². The van der Waals surface area contributed by atoms with Crippen molar-refractivity contribution in [3.63, 3.8) is 0 Å². The summed E-state index contributed by atoms with van der Waals surface area (Å²) in [6.07, 6.45) is 0. The van der Waals surface area contributed by atoms with Crippen molar-refractivity contribution < 1.29 is 9.90 Å². The van der Waals surface area contributed by atoms with E-state index in [9.17, 15) is 4.79 Å². The van der Waals surface area contributed by atoms with Gasteiger partial charge in [0.25, 0.3) is 0 Å². The molecule has 1 rings (SSSR count). The molecule has 84 valence electrons. The molecule has 0 amide bonds. The molecule has 0 aliphatic carbocycles. The highest BCUT2D eigenvalue weighted by Crippen LogP contribution is 2.18. The third-order valence-corrected chi connectivity index (χ3v) is 2.68. The first-order valence-corrected chi connectivity index (χ1v) is 5.40. The number of nitrogens with two attached hydrogens (primary N) is 1. The Kier molecular flexibility index (Phi) is 4.13. The fraction of sp³-hybridized carbons (Fsp3) is 0.0909. The summed E-state index contributed by atoms with van der Waals surface area (Å²) < 4.78 is 0. The number of nitrogens with one attached hydrogen (secondary N) is 1. The standard InChI is InChI=1S/C11H12N2O2S/c1-7(6-16-11(12)13)8-2-4-9(5-3-8)10(14)15/h2-6H,1H3,(H3,12,13)(H,14,15)/b7-6+. The van der Waals surface area contributed by atoms with Gasteiger partial charge < -0.3 is 10.8 Å². The van der Waals surface area contributed by atoms with Gasteiger partial charge in [0.2, 0.25) is 0 Å². The molecule has 16 heavy (non-hydrogen) atoms. The maximum absolute atomic E-state index is 10.6. The van der Waals surface area contributed by atoms with Crippen LogP contribution in [-0.4, -0.2) is 16.2 Å². The number of thioether (sulfide) groups is 1.